The van der Waals surface area contributed by atoms with Crippen molar-refractivity contribution in [3.8, 4) is 28.0 Å². The molecular formula is C24H22N4OS. The Morgan fingerprint density at radius 1 is 0.833 bits per heavy atom. The van der Waals surface area contributed by atoms with Gasteiger partial charge in [0.1, 0.15) is 5.75 Å². The van der Waals surface area contributed by atoms with Gasteiger partial charge in [-0.1, -0.05) is 78.9 Å². The summed E-state index contributed by atoms with van der Waals surface area (Å²) in [5.41, 5.74) is 4.40. The maximum Gasteiger partial charge on any atom is 0.201 e. The van der Waals surface area contributed by atoms with Crippen molar-refractivity contribution in [1.82, 2.24) is 5.01 Å². The van der Waals surface area contributed by atoms with Crippen LogP contribution in [0.1, 0.15) is 0 Å². The number of benzene rings is 4. The van der Waals surface area contributed by atoms with Crippen molar-refractivity contribution in [3.05, 3.63) is 84.9 Å². The summed E-state index contributed by atoms with van der Waals surface area (Å²) in [6.07, 6.45) is 0. The van der Waals surface area contributed by atoms with Crippen LogP contribution in [0.4, 0.5) is 0 Å². The number of nitrogens with zero attached hydrogens (tertiary/aromatic N) is 2. The lowest BCUT2D eigenvalue weighted by molar-refractivity contribution is 0.469. The fourth-order valence-electron chi connectivity index (χ4n) is 3.41. The first-order valence-corrected chi connectivity index (χ1v) is 10.2. The number of hydrogen-bond acceptors (Lipinski definition) is 5. The summed E-state index contributed by atoms with van der Waals surface area (Å²) in [5, 5.41) is 18.0. The average Bonchev–Trinajstić information content (AvgIpc) is 2.79. The van der Waals surface area contributed by atoms with Crippen molar-refractivity contribution in [3.63, 3.8) is 0 Å². The molecule has 0 spiro atoms. The number of hydrogen-bond donors (Lipinski definition) is 3. The fraction of sp³-hybridized carbons (Fsp3) is 0.0417. The molecule has 0 amide bonds. The SMILES string of the molecule is CN(N)/C(=N\N)Sc1cc(-c2ccc(-c3ccccc3)cc2)c2ccccc2c1O. The van der Waals surface area contributed by atoms with Crippen LogP contribution in [-0.2, 0) is 0 Å². The van der Waals surface area contributed by atoms with Crippen molar-refractivity contribution in [1.29, 1.82) is 0 Å². The second kappa shape index (κ2) is 8.49. The first kappa shape index (κ1) is 19.8. The lowest BCUT2D eigenvalue weighted by atomic mass is 9.96. The van der Waals surface area contributed by atoms with Gasteiger partial charge in [-0.15, -0.1) is 0 Å². The predicted molar refractivity (Wildman–Crippen MR) is 126 cm³/mol. The van der Waals surface area contributed by atoms with Gasteiger partial charge in [-0.2, -0.15) is 5.10 Å². The molecule has 5 N–H and O–H groups in total. The molecule has 4 rings (SSSR count). The van der Waals surface area contributed by atoms with Crippen LogP contribution in [0.2, 0.25) is 0 Å². The summed E-state index contributed by atoms with van der Waals surface area (Å²) >= 11 is 1.22. The molecule has 0 atom stereocenters. The number of nitrogens with two attached hydrogens (primary N) is 2. The fourth-order valence-corrected chi connectivity index (χ4v) is 4.19. The standard InChI is InChI=1S/C24H22N4OS/c1-28(26)24(27-25)30-22-15-21(19-9-5-6-10-20(19)23(22)29)18-13-11-17(12-14-18)16-7-3-2-4-8-16/h2-15,29H,25-26H2,1H3/b27-24+. The van der Waals surface area contributed by atoms with Gasteiger partial charge in [0.25, 0.3) is 0 Å². The Balaban J connectivity index is 1.83. The highest BCUT2D eigenvalue weighted by molar-refractivity contribution is 8.13. The van der Waals surface area contributed by atoms with E-state index in [1.807, 2.05) is 48.5 Å². The Bertz CT molecular complexity index is 1210. The number of phenols is 1. The van der Waals surface area contributed by atoms with Crippen molar-refractivity contribution in [2.75, 3.05) is 7.05 Å². The number of hydrazone groups is 1. The van der Waals surface area contributed by atoms with Crippen LogP contribution < -0.4 is 11.7 Å². The zero-order chi connectivity index (χ0) is 21.1. The van der Waals surface area contributed by atoms with E-state index in [1.54, 1.807) is 7.05 Å². The molecule has 30 heavy (non-hydrogen) atoms. The zero-order valence-electron chi connectivity index (χ0n) is 16.5. The summed E-state index contributed by atoms with van der Waals surface area (Å²) in [7, 11) is 1.65. The molecule has 0 fully saturated rings. The van der Waals surface area contributed by atoms with E-state index in [4.69, 9.17) is 11.7 Å². The van der Waals surface area contributed by atoms with Crippen molar-refractivity contribution in [2.45, 2.75) is 4.90 Å². The molecule has 150 valence electrons. The lowest BCUT2D eigenvalue weighted by Gasteiger charge is -2.17. The van der Waals surface area contributed by atoms with Gasteiger partial charge < -0.3 is 10.9 Å². The van der Waals surface area contributed by atoms with Crippen LogP contribution in [0.25, 0.3) is 33.0 Å². The summed E-state index contributed by atoms with van der Waals surface area (Å²) < 4.78 is 0. The highest BCUT2D eigenvalue weighted by atomic mass is 32.2. The van der Waals surface area contributed by atoms with Gasteiger partial charge in [0.15, 0.2) is 0 Å². The summed E-state index contributed by atoms with van der Waals surface area (Å²) in [6.45, 7) is 0. The number of phenolic OH excluding ortho intramolecular Hbond substituents is 1. The van der Waals surface area contributed by atoms with Gasteiger partial charge in [-0.05, 0) is 45.5 Å². The predicted octanol–water partition coefficient (Wildman–Crippen LogP) is 5.01. The summed E-state index contributed by atoms with van der Waals surface area (Å²) in [5.74, 6) is 11.5. The highest BCUT2D eigenvalue weighted by Gasteiger charge is 2.16. The van der Waals surface area contributed by atoms with E-state index in [0.717, 1.165) is 27.5 Å². The number of thioether (sulfide) groups is 1. The molecule has 0 unspecified atom stereocenters. The molecule has 4 aromatic rings. The zero-order valence-corrected chi connectivity index (χ0v) is 17.3. The molecule has 0 heterocycles. The number of fused-ring (bicyclic) bond motifs is 1. The molecule has 0 aliphatic rings. The van der Waals surface area contributed by atoms with Crippen LogP contribution in [0.3, 0.4) is 0 Å². The molecule has 5 nitrogen and oxygen atoms in total. The summed E-state index contributed by atoms with van der Waals surface area (Å²) in [6, 6.07) is 28.4. The molecule has 0 aromatic heterocycles. The molecule has 0 saturated carbocycles. The lowest BCUT2D eigenvalue weighted by Crippen LogP contribution is -2.31. The van der Waals surface area contributed by atoms with E-state index in [2.05, 4.69) is 41.5 Å². The van der Waals surface area contributed by atoms with E-state index < -0.39 is 0 Å². The van der Waals surface area contributed by atoms with Crippen LogP contribution in [-0.4, -0.2) is 22.3 Å². The van der Waals surface area contributed by atoms with E-state index >= 15 is 0 Å². The van der Waals surface area contributed by atoms with Crippen molar-refractivity contribution < 1.29 is 5.11 Å². The third kappa shape index (κ3) is 3.83. The van der Waals surface area contributed by atoms with Gasteiger partial charge in [0.05, 0.1) is 4.90 Å². The maximum atomic E-state index is 10.9. The Morgan fingerprint density at radius 2 is 1.40 bits per heavy atom. The van der Waals surface area contributed by atoms with E-state index in [1.165, 1.54) is 22.3 Å². The smallest absolute Gasteiger partial charge is 0.201 e. The molecule has 0 radical (unpaired) electrons. The van der Waals surface area contributed by atoms with Gasteiger partial charge in [-0.25, -0.2) is 5.84 Å². The van der Waals surface area contributed by atoms with E-state index in [-0.39, 0.29) is 5.75 Å². The number of rotatable bonds is 3. The first-order chi connectivity index (χ1) is 14.6. The molecule has 0 aliphatic carbocycles. The molecule has 0 saturated heterocycles. The van der Waals surface area contributed by atoms with E-state index in [0.29, 0.717) is 10.1 Å². The molecule has 0 aliphatic heterocycles. The molecular weight excluding hydrogens is 392 g/mol. The minimum absolute atomic E-state index is 0.184. The monoisotopic (exact) mass is 414 g/mol. The van der Waals surface area contributed by atoms with Crippen LogP contribution >= 0.6 is 11.8 Å². The highest BCUT2D eigenvalue weighted by Crippen LogP contribution is 2.42. The first-order valence-electron chi connectivity index (χ1n) is 9.43. The summed E-state index contributed by atoms with van der Waals surface area (Å²) in [4.78, 5) is 0.636. The quantitative estimate of drug-likeness (QED) is 0.144. The van der Waals surface area contributed by atoms with Gasteiger partial charge in [-0.3, -0.25) is 5.01 Å². The van der Waals surface area contributed by atoms with Gasteiger partial charge >= 0.3 is 0 Å². The maximum absolute atomic E-state index is 10.9. The van der Waals surface area contributed by atoms with Gasteiger partial charge in [0, 0.05) is 12.4 Å². The molecule has 6 heteroatoms. The average molecular weight is 415 g/mol. The topological polar surface area (TPSA) is 87.9 Å². The van der Waals surface area contributed by atoms with Crippen LogP contribution in [0, 0.1) is 0 Å². The van der Waals surface area contributed by atoms with Crippen molar-refractivity contribution >= 4 is 27.7 Å². The molecule has 4 aromatic carbocycles. The van der Waals surface area contributed by atoms with Crippen LogP contribution in [0.5, 0.6) is 5.75 Å². The van der Waals surface area contributed by atoms with E-state index in [9.17, 15) is 5.11 Å². The third-order valence-corrected chi connectivity index (χ3v) is 6.00. The van der Waals surface area contributed by atoms with Crippen molar-refractivity contribution in [2.24, 2.45) is 16.8 Å². The number of amidine groups is 1. The van der Waals surface area contributed by atoms with Gasteiger partial charge in [0.2, 0.25) is 5.17 Å². The minimum atomic E-state index is 0.184. The second-order valence-corrected chi connectivity index (χ2v) is 7.89. The molecule has 0 bridgehead atoms. The normalized spacial score (nSPS) is 11.6. The Morgan fingerprint density at radius 3 is 2.03 bits per heavy atom. The Kier molecular flexibility index (Phi) is 5.61. The third-order valence-electron chi connectivity index (χ3n) is 4.90. The Labute approximate surface area is 179 Å². The Hall–Kier alpha value is -3.48. The minimum Gasteiger partial charge on any atom is -0.506 e. The number of hydrazine groups is 1. The van der Waals surface area contributed by atoms with Crippen LogP contribution in [0.15, 0.2) is 94.9 Å². The largest absolute Gasteiger partial charge is 0.506 e. The second-order valence-electron chi connectivity index (χ2n) is 6.88. The number of aromatic hydroxyl groups is 1.